The van der Waals surface area contributed by atoms with Crippen molar-refractivity contribution in [2.24, 2.45) is 5.92 Å². The van der Waals surface area contributed by atoms with Gasteiger partial charge in [-0.25, -0.2) is 0 Å². The summed E-state index contributed by atoms with van der Waals surface area (Å²) in [7, 11) is 0. The Hall–Kier alpha value is -0.360. The maximum absolute atomic E-state index is 12.2. The summed E-state index contributed by atoms with van der Waals surface area (Å²) in [5.74, 6) is 0.579. The minimum atomic E-state index is 0. The van der Waals surface area contributed by atoms with E-state index < -0.39 is 0 Å². The van der Waals surface area contributed by atoms with Gasteiger partial charge in [-0.1, -0.05) is 0 Å². The topological polar surface area (TPSA) is 55.8 Å². The van der Waals surface area contributed by atoms with Crippen LogP contribution < -0.4 is 5.32 Å². The zero-order chi connectivity index (χ0) is 12.1. The first-order valence-corrected chi connectivity index (χ1v) is 6.64. The summed E-state index contributed by atoms with van der Waals surface area (Å²) in [6.07, 6.45) is 1.96. The molecule has 2 rings (SSSR count). The van der Waals surface area contributed by atoms with Crippen molar-refractivity contribution in [3.63, 3.8) is 0 Å². The van der Waals surface area contributed by atoms with Gasteiger partial charge < -0.3 is 15.3 Å². The average Bonchev–Trinajstić information content (AvgIpc) is 2.40. The molecule has 2 heterocycles. The number of piperidine rings is 1. The first kappa shape index (κ1) is 15.7. The number of halogens is 1. The Morgan fingerprint density at radius 1 is 1.17 bits per heavy atom. The zero-order valence-corrected chi connectivity index (χ0v) is 11.6. The first-order valence-electron chi connectivity index (χ1n) is 6.64. The molecule has 0 bridgehead atoms. The Kier molecular flexibility index (Phi) is 6.92. The van der Waals surface area contributed by atoms with Gasteiger partial charge in [-0.3, -0.25) is 9.69 Å². The quantitative estimate of drug-likeness (QED) is 0.733. The largest absolute Gasteiger partial charge is 0.395 e. The van der Waals surface area contributed by atoms with E-state index in [2.05, 4.69) is 10.2 Å². The molecule has 0 radical (unpaired) electrons. The molecule has 2 aliphatic heterocycles. The highest BCUT2D eigenvalue weighted by Crippen LogP contribution is 2.16. The Balaban J connectivity index is 0.00000162. The predicted octanol–water partition coefficient (Wildman–Crippen LogP) is -0.456. The number of carbonyl (C=O) groups is 1. The van der Waals surface area contributed by atoms with Gasteiger partial charge in [0, 0.05) is 38.6 Å². The third kappa shape index (κ3) is 4.09. The monoisotopic (exact) mass is 277 g/mol. The van der Waals surface area contributed by atoms with E-state index in [4.69, 9.17) is 5.11 Å². The van der Waals surface area contributed by atoms with E-state index in [0.29, 0.717) is 5.91 Å². The van der Waals surface area contributed by atoms with Crippen molar-refractivity contribution in [2.75, 3.05) is 52.4 Å². The van der Waals surface area contributed by atoms with Crippen LogP contribution in [0.4, 0.5) is 0 Å². The number of amides is 1. The molecule has 0 aromatic carbocycles. The highest BCUT2D eigenvalue weighted by molar-refractivity contribution is 5.85. The molecular weight excluding hydrogens is 254 g/mol. The molecule has 6 heteroatoms. The van der Waals surface area contributed by atoms with E-state index in [0.717, 1.165) is 58.7 Å². The SMILES string of the molecule is Cl.O=C(C1CCNCC1)N1CCN(CCO)CC1. The summed E-state index contributed by atoms with van der Waals surface area (Å²) < 4.78 is 0. The number of nitrogens with one attached hydrogen (secondary N) is 1. The van der Waals surface area contributed by atoms with Gasteiger partial charge in [-0.15, -0.1) is 12.4 Å². The number of nitrogens with zero attached hydrogens (tertiary/aromatic N) is 2. The second kappa shape index (κ2) is 7.94. The summed E-state index contributed by atoms with van der Waals surface area (Å²) in [6.45, 7) is 6.33. The lowest BCUT2D eigenvalue weighted by atomic mass is 9.96. The van der Waals surface area contributed by atoms with E-state index in [1.807, 2.05) is 4.90 Å². The number of piperazine rings is 1. The van der Waals surface area contributed by atoms with Gasteiger partial charge in [0.1, 0.15) is 0 Å². The lowest BCUT2D eigenvalue weighted by molar-refractivity contribution is -0.138. The number of hydrogen-bond donors (Lipinski definition) is 2. The summed E-state index contributed by atoms with van der Waals surface area (Å²) >= 11 is 0. The molecular formula is C12H24ClN3O2. The third-order valence-electron chi connectivity index (χ3n) is 3.79. The molecule has 0 atom stereocenters. The van der Waals surface area contributed by atoms with Crippen LogP contribution in [0.2, 0.25) is 0 Å². The molecule has 0 aliphatic carbocycles. The molecule has 0 unspecified atom stereocenters. The van der Waals surface area contributed by atoms with Gasteiger partial charge in [-0.05, 0) is 25.9 Å². The van der Waals surface area contributed by atoms with Crippen molar-refractivity contribution < 1.29 is 9.90 Å². The molecule has 0 aromatic heterocycles. The molecule has 0 spiro atoms. The van der Waals surface area contributed by atoms with Crippen molar-refractivity contribution in [3.05, 3.63) is 0 Å². The lowest BCUT2D eigenvalue weighted by Gasteiger charge is -2.37. The van der Waals surface area contributed by atoms with Crippen LogP contribution in [0.3, 0.4) is 0 Å². The molecule has 2 N–H and O–H groups in total. The van der Waals surface area contributed by atoms with Crippen LogP contribution in [-0.2, 0) is 4.79 Å². The van der Waals surface area contributed by atoms with Gasteiger partial charge in [0.05, 0.1) is 6.61 Å². The fraction of sp³-hybridized carbons (Fsp3) is 0.917. The van der Waals surface area contributed by atoms with Crippen molar-refractivity contribution in [1.82, 2.24) is 15.1 Å². The van der Waals surface area contributed by atoms with E-state index >= 15 is 0 Å². The smallest absolute Gasteiger partial charge is 0.225 e. The number of carbonyl (C=O) groups excluding carboxylic acids is 1. The Morgan fingerprint density at radius 3 is 2.33 bits per heavy atom. The molecule has 5 nitrogen and oxygen atoms in total. The van der Waals surface area contributed by atoms with Crippen LogP contribution in [0, 0.1) is 5.92 Å². The molecule has 0 aromatic rings. The maximum Gasteiger partial charge on any atom is 0.225 e. The number of aliphatic hydroxyl groups excluding tert-OH is 1. The molecule has 2 aliphatic rings. The molecule has 2 saturated heterocycles. The van der Waals surface area contributed by atoms with Gasteiger partial charge in [0.2, 0.25) is 5.91 Å². The van der Waals surface area contributed by atoms with E-state index in [-0.39, 0.29) is 24.9 Å². The van der Waals surface area contributed by atoms with Gasteiger partial charge in [-0.2, -0.15) is 0 Å². The summed E-state index contributed by atoms with van der Waals surface area (Å²) in [4.78, 5) is 16.5. The van der Waals surface area contributed by atoms with Crippen molar-refractivity contribution >= 4 is 18.3 Å². The van der Waals surface area contributed by atoms with Gasteiger partial charge >= 0.3 is 0 Å². The van der Waals surface area contributed by atoms with Crippen LogP contribution >= 0.6 is 12.4 Å². The maximum atomic E-state index is 12.2. The Morgan fingerprint density at radius 2 is 1.78 bits per heavy atom. The van der Waals surface area contributed by atoms with E-state index in [1.165, 1.54) is 0 Å². The molecule has 2 fully saturated rings. The van der Waals surface area contributed by atoms with Crippen LogP contribution in [-0.4, -0.2) is 73.2 Å². The molecule has 18 heavy (non-hydrogen) atoms. The predicted molar refractivity (Wildman–Crippen MR) is 72.9 cm³/mol. The summed E-state index contributed by atoms with van der Waals surface area (Å²) in [6, 6.07) is 0. The first-order chi connectivity index (χ1) is 8.31. The summed E-state index contributed by atoms with van der Waals surface area (Å²) in [5.41, 5.74) is 0. The fourth-order valence-corrected chi connectivity index (χ4v) is 2.66. The minimum absolute atomic E-state index is 0. The minimum Gasteiger partial charge on any atom is -0.395 e. The second-order valence-electron chi connectivity index (χ2n) is 4.91. The van der Waals surface area contributed by atoms with Crippen LogP contribution in [0.25, 0.3) is 0 Å². The number of hydrogen-bond acceptors (Lipinski definition) is 4. The molecule has 106 valence electrons. The third-order valence-corrected chi connectivity index (χ3v) is 3.79. The van der Waals surface area contributed by atoms with Crippen molar-refractivity contribution in [3.8, 4) is 0 Å². The highest BCUT2D eigenvalue weighted by atomic mass is 35.5. The number of aliphatic hydroxyl groups is 1. The molecule has 0 saturated carbocycles. The standard InChI is InChI=1S/C12H23N3O2.ClH/c16-10-9-14-5-7-15(8-6-14)12(17)11-1-3-13-4-2-11;/h11,13,16H,1-10H2;1H. The fourth-order valence-electron chi connectivity index (χ4n) is 2.66. The summed E-state index contributed by atoms with van der Waals surface area (Å²) in [5, 5.41) is 12.2. The second-order valence-corrected chi connectivity index (χ2v) is 4.91. The van der Waals surface area contributed by atoms with Crippen molar-refractivity contribution in [2.45, 2.75) is 12.8 Å². The Labute approximate surface area is 115 Å². The molecule has 1 amide bonds. The van der Waals surface area contributed by atoms with E-state index in [9.17, 15) is 4.79 Å². The zero-order valence-electron chi connectivity index (χ0n) is 10.8. The average molecular weight is 278 g/mol. The van der Waals surface area contributed by atoms with Crippen molar-refractivity contribution in [1.29, 1.82) is 0 Å². The van der Waals surface area contributed by atoms with Crippen LogP contribution in [0.1, 0.15) is 12.8 Å². The lowest BCUT2D eigenvalue weighted by Crippen LogP contribution is -2.51. The normalized spacial score (nSPS) is 22.6. The van der Waals surface area contributed by atoms with Crippen LogP contribution in [0.5, 0.6) is 0 Å². The van der Waals surface area contributed by atoms with Gasteiger partial charge in [0.15, 0.2) is 0 Å². The van der Waals surface area contributed by atoms with E-state index in [1.54, 1.807) is 0 Å². The highest BCUT2D eigenvalue weighted by Gasteiger charge is 2.27. The van der Waals surface area contributed by atoms with Crippen LogP contribution in [0.15, 0.2) is 0 Å². The Bertz CT molecular complexity index is 252. The number of β-amino-alcohol motifs (C(OH)–C–C–N with tert-alkyl or cyclic N) is 1. The van der Waals surface area contributed by atoms with Gasteiger partial charge in [0.25, 0.3) is 0 Å². The number of rotatable bonds is 3.